The molecule has 2 saturated heterocycles. The van der Waals surface area contributed by atoms with Crippen LogP contribution in [0.4, 0.5) is 0 Å². The third-order valence-corrected chi connectivity index (χ3v) is 9.06. The summed E-state index contributed by atoms with van der Waals surface area (Å²) < 4.78 is 6.05. The third-order valence-electron chi connectivity index (χ3n) is 8.27. The number of thiazole rings is 1. The van der Waals surface area contributed by atoms with E-state index >= 15 is 0 Å². The number of nitrogens with zero attached hydrogens (tertiary/aromatic N) is 1. The van der Waals surface area contributed by atoms with Gasteiger partial charge in [-0.1, -0.05) is 27.7 Å². The van der Waals surface area contributed by atoms with Crippen LogP contribution in [0, 0.1) is 30.1 Å². The Labute approximate surface area is 223 Å². The molecule has 8 nitrogen and oxygen atoms in total. The molecule has 0 saturated carbocycles. The van der Waals surface area contributed by atoms with Gasteiger partial charge in [0.25, 0.3) is 0 Å². The van der Waals surface area contributed by atoms with Crippen LogP contribution in [0.1, 0.15) is 77.4 Å². The minimum absolute atomic E-state index is 0.0805. The molecule has 0 spiro atoms. The molecule has 0 aromatic carbocycles. The fourth-order valence-electron chi connectivity index (χ4n) is 5.42. The molecule has 3 rings (SSSR count). The first-order valence-electron chi connectivity index (χ1n) is 13.3. The summed E-state index contributed by atoms with van der Waals surface area (Å²) in [6.07, 6.45) is 1.43. The van der Waals surface area contributed by atoms with Gasteiger partial charge in [0.05, 0.1) is 46.9 Å². The van der Waals surface area contributed by atoms with Crippen molar-refractivity contribution in [1.82, 2.24) is 10.3 Å². The molecule has 1 aromatic rings. The van der Waals surface area contributed by atoms with E-state index in [9.17, 15) is 24.6 Å². The highest BCUT2D eigenvalue weighted by Crippen LogP contribution is 2.34. The molecule has 0 aliphatic carbocycles. The van der Waals surface area contributed by atoms with Gasteiger partial charge in [0.2, 0.25) is 5.91 Å². The summed E-state index contributed by atoms with van der Waals surface area (Å²) in [4.78, 5) is 43.9. The van der Waals surface area contributed by atoms with Gasteiger partial charge < -0.3 is 20.3 Å². The van der Waals surface area contributed by atoms with Crippen molar-refractivity contribution >= 4 is 34.9 Å². The second-order valence-electron chi connectivity index (χ2n) is 11.4. The summed E-state index contributed by atoms with van der Waals surface area (Å²) in [6.45, 7) is 10.9. The fourth-order valence-corrected chi connectivity index (χ4v) is 5.99. The van der Waals surface area contributed by atoms with E-state index in [0.717, 1.165) is 22.7 Å². The quantitative estimate of drug-likeness (QED) is 0.530. The van der Waals surface area contributed by atoms with E-state index in [1.807, 2.05) is 25.3 Å². The van der Waals surface area contributed by atoms with E-state index in [0.29, 0.717) is 25.9 Å². The van der Waals surface area contributed by atoms with Crippen molar-refractivity contribution in [2.45, 2.75) is 98.0 Å². The topological polar surface area (TPSA) is 126 Å². The van der Waals surface area contributed by atoms with E-state index in [4.69, 9.17) is 4.74 Å². The number of rotatable bonds is 2. The van der Waals surface area contributed by atoms with Crippen molar-refractivity contribution in [3.8, 4) is 0 Å². The lowest BCUT2D eigenvalue weighted by atomic mass is 9.72. The number of carbonyl (C=O) groups excluding carboxylic acids is 3. The number of aromatic nitrogens is 1. The van der Waals surface area contributed by atoms with Crippen LogP contribution in [0.3, 0.4) is 0 Å². The van der Waals surface area contributed by atoms with Gasteiger partial charge in [-0.25, -0.2) is 4.98 Å². The number of amides is 1. The molecule has 0 bridgehead atoms. The highest BCUT2D eigenvalue weighted by Gasteiger charge is 2.43. The van der Waals surface area contributed by atoms with E-state index in [1.54, 1.807) is 39.0 Å². The standard InChI is InChI=1S/C28H42N2O6S/c1-15(11-20-14-37-18(4)29-20)21-12-23-19(9-10-36-23)7-8-22(31)16(2)26(34)17(3)27(35)28(5,6)24(32)13-25(33)30-21/h11,14,16-17,19,21,23-24,26,32,34H,7-10,12-13H2,1-6H3,(H,30,33)/b15-11+/t16-,17+,19+,21-,23?,24-,26-/m0/s1. The summed E-state index contributed by atoms with van der Waals surface area (Å²) in [5.41, 5.74) is 0.458. The van der Waals surface area contributed by atoms with Gasteiger partial charge in [0.1, 0.15) is 11.6 Å². The van der Waals surface area contributed by atoms with Crippen molar-refractivity contribution in [2.75, 3.05) is 6.61 Å². The van der Waals surface area contributed by atoms with Gasteiger partial charge in [-0.3, -0.25) is 14.4 Å². The van der Waals surface area contributed by atoms with E-state index in [-0.39, 0.29) is 42.0 Å². The Morgan fingerprint density at radius 2 is 1.89 bits per heavy atom. The lowest BCUT2D eigenvalue weighted by molar-refractivity contribution is -0.144. The monoisotopic (exact) mass is 534 g/mol. The average Bonchev–Trinajstić information content (AvgIpc) is 3.47. The van der Waals surface area contributed by atoms with Gasteiger partial charge in [-0.15, -0.1) is 11.3 Å². The summed E-state index contributed by atoms with van der Waals surface area (Å²) in [7, 11) is 0. The number of Topliss-reactive ketones (excluding diaryl/α,β-unsaturated/α-hetero) is 2. The molecular weight excluding hydrogens is 492 g/mol. The molecule has 0 radical (unpaired) electrons. The van der Waals surface area contributed by atoms with Crippen LogP contribution < -0.4 is 5.32 Å². The fraction of sp³-hybridized carbons (Fsp3) is 0.714. The highest BCUT2D eigenvalue weighted by molar-refractivity contribution is 7.09. The first-order chi connectivity index (χ1) is 17.3. The number of fused-ring (bicyclic) bond motifs is 1. The maximum atomic E-state index is 13.3. The minimum atomic E-state index is -1.28. The van der Waals surface area contributed by atoms with E-state index < -0.39 is 29.5 Å². The summed E-state index contributed by atoms with van der Waals surface area (Å²) in [5, 5.41) is 27.8. The van der Waals surface area contributed by atoms with Gasteiger partial charge in [0, 0.05) is 30.2 Å². The zero-order valence-electron chi connectivity index (χ0n) is 22.8. The first-order valence-corrected chi connectivity index (χ1v) is 14.1. The molecule has 206 valence electrons. The van der Waals surface area contributed by atoms with Crippen molar-refractivity contribution in [1.29, 1.82) is 0 Å². The van der Waals surface area contributed by atoms with E-state index in [2.05, 4.69) is 10.3 Å². The zero-order valence-corrected chi connectivity index (χ0v) is 23.6. The van der Waals surface area contributed by atoms with Crippen LogP contribution in [0.25, 0.3) is 6.08 Å². The molecular formula is C28H42N2O6S. The summed E-state index contributed by atoms with van der Waals surface area (Å²) in [6, 6.07) is -0.352. The van der Waals surface area contributed by atoms with Crippen molar-refractivity contribution < 1.29 is 29.3 Å². The normalized spacial score (nSPS) is 34.8. The lowest BCUT2D eigenvalue weighted by Gasteiger charge is -2.35. The molecule has 3 heterocycles. The second kappa shape index (κ2) is 12.3. The van der Waals surface area contributed by atoms with Gasteiger partial charge in [-0.2, -0.15) is 0 Å². The highest BCUT2D eigenvalue weighted by atomic mass is 32.1. The molecule has 7 atom stereocenters. The number of carbonyl (C=O) groups is 3. The van der Waals surface area contributed by atoms with Crippen molar-refractivity contribution in [3.63, 3.8) is 0 Å². The predicted octanol–water partition coefficient (Wildman–Crippen LogP) is 3.48. The Balaban J connectivity index is 1.92. The molecule has 1 aromatic heterocycles. The SMILES string of the molecule is C/C(=C\c1csc(C)n1)[C@@H]1CC2OCC[C@H]2CCC(=O)[C@H](C)[C@H](O)[C@@H](C)C(=O)C(C)(C)[C@@H](O)CC(=O)N1. The number of ether oxygens (including phenoxy) is 1. The zero-order chi connectivity index (χ0) is 27.5. The smallest absolute Gasteiger partial charge is 0.223 e. The first kappa shape index (κ1) is 29.6. The molecule has 9 heteroatoms. The van der Waals surface area contributed by atoms with Crippen LogP contribution in [0.15, 0.2) is 11.0 Å². The Kier molecular flexibility index (Phi) is 9.83. The Hall–Kier alpha value is -1.94. The van der Waals surface area contributed by atoms with Gasteiger partial charge in [-0.05, 0) is 50.7 Å². The number of aryl methyl sites for hydroxylation is 1. The molecule has 2 aliphatic rings. The third kappa shape index (κ3) is 7.13. The number of nitrogens with one attached hydrogen (secondary N) is 1. The molecule has 37 heavy (non-hydrogen) atoms. The molecule has 2 aliphatic heterocycles. The number of hydrogen-bond donors (Lipinski definition) is 3. The van der Waals surface area contributed by atoms with Crippen LogP contribution in [-0.2, 0) is 19.1 Å². The second-order valence-corrected chi connectivity index (χ2v) is 12.4. The Bertz CT molecular complexity index is 1020. The summed E-state index contributed by atoms with van der Waals surface area (Å²) >= 11 is 1.55. The van der Waals surface area contributed by atoms with Crippen LogP contribution >= 0.6 is 11.3 Å². The van der Waals surface area contributed by atoms with Gasteiger partial charge >= 0.3 is 0 Å². The predicted molar refractivity (Wildman–Crippen MR) is 143 cm³/mol. The molecule has 2 fully saturated rings. The van der Waals surface area contributed by atoms with Crippen LogP contribution in [-0.4, -0.2) is 63.6 Å². The largest absolute Gasteiger partial charge is 0.392 e. The number of aliphatic hydroxyl groups excluding tert-OH is 2. The Morgan fingerprint density at radius 1 is 1.19 bits per heavy atom. The maximum absolute atomic E-state index is 13.3. The van der Waals surface area contributed by atoms with Crippen molar-refractivity contribution in [2.24, 2.45) is 23.2 Å². The van der Waals surface area contributed by atoms with Crippen LogP contribution in [0.5, 0.6) is 0 Å². The maximum Gasteiger partial charge on any atom is 0.223 e. The number of hydrogen-bond acceptors (Lipinski definition) is 8. The molecule has 3 N–H and O–H groups in total. The number of ketones is 2. The average molecular weight is 535 g/mol. The van der Waals surface area contributed by atoms with Crippen LogP contribution in [0.2, 0.25) is 0 Å². The summed E-state index contributed by atoms with van der Waals surface area (Å²) in [5.74, 6) is -2.23. The van der Waals surface area contributed by atoms with Crippen molar-refractivity contribution in [3.05, 3.63) is 21.7 Å². The number of aliphatic hydroxyl groups is 2. The Morgan fingerprint density at radius 3 is 2.54 bits per heavy atom. The van der Waals surface area contributed by atoms with Gasteiger partial charge in [0.15, 0.2) is 0 Å². The molecule has 1 amide bonds. The minimum Gasteiger partial charge on any atom is -0.392 e. The van der Waals surface area contributed by atoms with E-state index in [1.165, 1.54) is 0 Å². The lowest BCUT2D eigenvalue weighted by Crippen LogP contribution is -2.48. The molecule has 1 unspecified atom stereocenters.